The number of alkyl halides is 3. The first-order chi connectivity index (χ1) is 31.1. The lowest BCUT2D eigenvalue weighted by atomic mass is 9.74. The average molecular weight is 893 g/mol. The fourth-order valence-electron chi connectivity index (χ4n) is 8.06. The number of nitrogens with one attached hydrogen (secondary N) is 5. The first-order valence-corrected chi connectivity index (χ1v) is 21.4. The van der Waals surface area contributed by atoms with Crippen LogP contribution in [-0.4, -0.2) is 90.6 Å². The fraction of sp³-hybridized carbons (Fsp3) is 0.327. The van der Waals surface area contributed by atoms with Gasteiger partial charge in [0.25, 0.3) is 0 Å². The SMILES string of the molecule is CC(=O)c1ccc(-c2ccc(C[C@@H]3NC(=O)[C@]4(Cc5ccccc5)CCCN(C4)C(=O)/C=C/C(=O)NCC[C@@H](C(=O)NCC(F)(F)F)NC(=O)Cc4ccccc4CNC3=O)cc2)cc1. The van der Waals surface area contributed by atoms with E-state index in [-0.39, 0.29) is 57.6 Å². The molecular formula is C49H51F3N6O7. The van der Waals surface area contributed by atoms with Crippen LogP contribution in [0.5, 0.6) is 0 Å². The standard InChI is InChI=1S/C49H51F3N6O7/c1-32(59)35-16-18-37(19-17-35)36-14-12-33(13-15-36)26-41-46(64)54-29-39-11-6-5-10-38(39)27-43(61)56-40(45(63)55-30-49(50,51)52)22-24-53-42(60)20-21-44(62)58-25-7-23-48(31-58,47(65)57-41)28-34-8-3-2-4-9-34/h2-6,8-21,40-41H,7,22-31H2,1H3,(H,53,60)(H,54,64)(H,55,63)(H,56,61)(H,57,65)/b21-20+/t40-,41-,48-/m0/s1. The second kappa shape index (κ2) is 21.5. The number of carbonyl (C=O) groups is 7. The highest BCUT2D eigenvalue weighted by Crippen LogP contribution is 2.35. The predicted octanol–water partition coefficient (Wildman–Crippen LogP) is 4.53. The van der Waals surface area contributed by atoms with Gasteiger partial charge < -0.3 is 31.5 Å². The molecule has 4 aromatic carbocycles. The Morgan fingerprint density at radius 3 is 2.12 bits per heavy atom. The molecule has 2 aliphatic heterocycles. The predicted molar refractivity (Wildman–Crippen MR) is 236 cm³/mol. The van der Waals surface area contributed by atoms with Crippen molar-refractivity contribution >= 4 is 41.2 Å². The monoisotopic (exact) mass is 892 g/mol. The Bertz CT molecular complexity index is 2410. The number of ketones is 1. The molecule has 2 aliphatic rings. The fourth-order valence-corrected chi connectivity index (χ4v) is 8.06. The van der Waals surface area contributed by atoms with E-state index in [1.54, 1.807) is 41.7 Å². The van der Waals surface area contributed by atoms with Gasteiger partial charge in [-0.15, -0.1) is 0 Å². The van der Waals surface area contributed by atoms with Crippen LogP contribution in [0.25, 0.3) is 11.1 Å². The largest absolute Gasteiger partial charge is 0.405 e. The molecule has 340 valence electrons. The van der Waals surface area contributed by atoms with Gasteiger partial charge in [-0.25, -0.2) is 0 Å². The maximum atomic E-state index is 14.9. The summed E-state index contributed by atoms with van der Waals surface area (Å²) in [6, 6.07) is 28.1. The lowest BCUT2D eigenvalue weighted by Crippen LogP contribution is -2.58. The molecule has 1 saturated heterocycles. The van der Waals surface area contributed by atoms with E-state index in [1.165, 1.54) is 11.8 Å². The molecule has 2 heterocycles. The number of hydrogen-bond donors (Lipinski definition) is 5. The summed E-state index contributed by atoms with van der Waals surface area (Å²) >= 11 is 0. The van der Waals surface area contributed by atoms with E-state index < -0.39 is 65.7 Å². The maximum Gasteiger partial charge on any atom is 0.405 e. The lowest BCUT2D eigenvalue weighted by molar-refractivity contribution is -0.141. The van der Waals surface area contributed by atoms with E-state index >= 15 is 0 Å². The van der Waals surface area contributed by atoms with Gasteiger partial charge in [-0.3, -0.25) is 33.6 Å². The Labute approximate surface area is 374 Å². The smallest absolute Gasteiger partial charge is 0.352 e. The Kier molecular flexibility index (Phi) is 15.7. The molecule has 2 bridgehead atoms. The van der Waals surface area contributed by atoms with Gasteiger partial charge in [0.1, 0.15) is 18.6 Å². The van der Waals surface area contributed by atoms with E-state index in [9.17, 15) is 46.7 Å². The van der Waals surface area contributed by atoms with Crippen molar-refractivity contribution in [2.75, 3.05) is 26.2 Å². The molecule has 3 atom stereocenters. The molecule has 0 saturated carbocycles. The van der Waals surface area contributed by atoms with Crippen LogP contribution in [0.15, 0.2) is 115 Å². The van der Waals surface area contributed by atoms with Crippen molar-refractivity contribution in [2.24, 2.45) is 5.41 Å². The van der Waals surface area contributed by atoms with Crippen molar-refractivity contribution in [3.05, 3.63) is 143 Å². The van der Waals surface area contributed by atoms with Crippen LogP contribution in [0.3, 0.4) is 0 Å². The van der Waals surface area contributed by atoms with Crippen LogP contribution in [0.4, 0.5) is 13.2 Å². The highest BCUT2D eigenvalue weighted by Gasteiger charge is 2.44. The van der Waals surface area contributed by atoms with Crippen molar-refractivity contribution in [3.8, 4) is 11.1 Å². The molecule has 5 N–H and O–H groups in total. The number of piperidine rings is 1. The summed E-state index contributed by atoms with van der Waals surface area (Å²) in [6.45, 7) is -0.186. The highest BCUT2D eigenvalue weighted by atomic mass is 19.4. The number of fused-ring (bicyclic) bond motifs is 3. The number of halogens is 3. The van der Waals surface area contributed by atoms with Crippen LogP contribution in [0.1, 0.15) is 58.8 Å². The van der Waals surface area contributed by atoms with Gasteiger partial charge in [0, 0.05) is 50.3 Å². The third-order valence-corrected chi connectivity index (χ3v) is 11.5. The van der Waals surface area contributed by atoms with Crippen LogP contribution >= 0.6 is 0 Å². The van der Waals surface area contributed by atoms with Gasteiger partial charge in [0.15, 0.2) is 5.78 Å². The third kappa shape index (κ3) is 13.5. The number of Topliss-reactive ketones (excluding diaryl/α,β-unsaturated/α-hetero) is 1. The summed E-state index contributed by atoms with van der Waals surface area (Å²) in [4.78, 5) is 95.3. The summed E-state index contributed by atoms with van der Waals surface area (Å²) < 4.78 is 39.0. The normalized spacial score (nSPS) is 20.9. The highest BCUT2D eigenvalue weighted by molar-refractivity contribution is 5.98. The van der Waals surface area contributed by atoms with Crippen molar-refractivity contribution in [1.29, 1.82) is 0 Å². The van der Waals surface area contributed by atoms with E-state index in [0.29, 0.717) is 29.5 Å². The molecule has 4 aromatic rings. The number of nitrogens with zero attached hydrogens (tertiary/aromatic N) is 1. The Hall–Kier alpha value is -7.10. The first-order valence-electron chi connectivity index (χ1n) is 21.4. The van der Waals surface area contributed by atoms with Gasteiger partial charge in [0.05, 0.1) is 11.8 Å². The number of amides is 6. The van der Waals surface area contributed by atoms with Crippen molar-refractivity contribution in [2.45, 2.75) is 70.3 Å². The molecule has 6 rings (SSSR count). The zero-order valence-corrected chi connectivity index (χ0v) is 35.8. The van der Waals surface area contributed by atoms with Gasteiger partial charge in [-0.05, 0) is 66.0 Å². The van der Waals surface area contributed by atoms with Crippen molar-refractivity contribution < 1.29 is 46.7 Å². The number of rotatable bonds is 8. The van der Waals surface area contributed by atoms with Crippen LogP contribution in [0, 0.1) is 5.41 Å². The van der Waals surface area contributed by atoms with Crippen LogP contribution in [0.2, 0.25) is 0 Å². The summed E-state index contributed by atoms with van der Waals surface area (Å²) in [7, 11) is 0. The topological polar surface area (TPSA) is 183 Å². The second-order valence-corrected chi connectivity index (χ2v) is 16.4. The summed E-state index contributed by atoms with van der Waals surface area (Å²) in [6.07, 6.45) is -2.11. The summed E-state index contributed by atoms with van der Waals surface area (Å²) in [5.41, 5.74) is 3.71. The maximum absolute atomic E-state index is 14.9. The minimum atomic E-state index is -4.71. The van der Waals surface area contributed by atoms with Crippen molar-refractivity contribution in [1.82, 2.24) is 31.5 Å². The minimum Gasteiger partial charge on any atom is -0.352 e. The molecule has 0 aromatic heterocycles. The van der Waals surface area contributed by atoms with Gasteiger partial charge in [-0.1, -0.05) is 103 Å². The number of carbonyl (C=O) groups excluding carboxylic acids is 7. The van der Waals surface area contributed by atoms with Gasteiger partial charge in [-0.2, -0.15) is 13.2 Å². The molecule has 13 nitrogen and oxygen atoms in total. The molecule has 0 aliphatic carbocycles. The zero-order chi connectivity index (χ0) is 46.6. The molecular weight excluding hydrogens is 842 g/mol. The van der Waals surface area contributed by atoms with E-state index in [2.05, 4.69) is 21.3 Å². The average Bonchev–Trinajstić information content (AvgIpc) is 3.29. The van der Waals surface area contributed by atoms with E-state index in [4.69, 9.17) is 0 Å². The Morgan fingerprint density at radius 1 is 0.785 bits per heavy atom. The Morgan fingerprint density at radius 2 is 1.45 bits per heavy atom. The zero-order valence-electron chi connectivity index (χ0n) is 35.8. The number of hydrogen-bond acceptors (Lipinski definition) is 7. The molecule has 1 fully saturated rings. The second-order valence-electron chi connectivity index (χ2n) is 16.4. The molecule has 65 heavy (non-hydrogen) atoms. The van der Waals surface area contributed by atoms with E-state index in [0.717, 1.165) is 34.4 Å². The summed E-state index contributed by atoms with van der Waals surface area (Å²) in [5, 5.41) is 12.7. The molecule has 0 unspecified atom stereocenters. The van der Waals surface area contributed by atoms with Crippen molar-refractivity contribution in [3.63, 3.8) is 0 Å². The third-order valence-electron chi connectivity index (χ3n) is 11.5. The Balaban J connectivity index is 1.32. The molecule has 16 heteroatoms. The van der Waals surface area contributed by atoms with Crippen LogP contribution < -0.4 is 26.6 Å². The molecule has 6 amide bonds. The lowest BCUT2D eigenvalue weighted by Gasteiger charge is -2.42. The summed E-state index contributed by atoms with van der Waals surface area (Å²) in [5.74, 6) is -4.11. The number of benzene rings is 4. The molecule has 0 spiro atoms. The minimum absolute atomic E-state index is 0.0221. The first kappa shape index (κ1) is 47.4. The van der Waals surface area contributed by atoms with E-state index in [1.807, 2.05) is 66.7 Å². The molecule has 0 radical (unpaired) electrons. The quantitative estimate of drug-likeness (QED) is 0.161. The van der Waals surface area contributed by atoms with Gasteiger partial charge >= 0.3 is 6.18 Å². The van der Waals surface area contributed by atoms with Gasteiger partial charge in [0.2, 0.25) is 35.4 Å². The van der Waals surface area contributed by atoms with Crippen LogP contribution in [-0.2, 0) is 54.6 Å².